The van der Waals surface area contributed by atoms with Gasteiger partial charge >= 0.3 is 0 Å². The van der Waals surface area contributed by atoms with Gasteiger partial charge in [-0.1, -0.05) is 6.07 Å². The van der Waals surface area contributed by atoms with Crippen molar-refractivity contribution in [1.82, 2.24) is 4.98 Å². The van der Waals surface area contributed by atoms with Crippen LogP contribution in [0.3, 0.4) is 0 Å². The van der Waals surface area contributed by atoms with Crippen molar-refractivity contribution in [1.29, 1.82) is 0 Å². The first-order valence-corrected chi connectivity index (χ1v) is 6.90. The first-order valence-electron chi connectivity index (χ1n) is 6.90. The maximum atomic E-state index is 13.5. The van der Waals surface area contributed by atoms with Crippen LogP contribution in [0.5, 0.6) is 5.88 Å². The molecule has 3 rings (SSSR count). The van der Waals surface area contributed by atoms with Crippen LogP contribution < -0.4 is 9.64 Å². The van der Waals surface area contributed by atoms with Crippen molar-refractivity contribution in [3.05, 3.63) is 54.0 Å². The van der Waals surface area contributed by atoms with Crippen LogP contribution in [0.2, 0.25) is 0 Å². The van der Waals surface area contributed by atoms with E-state index in [0.29, 0.717) is 6.54 Å². The minimum Gasteiger partial charge on any atom is -0.470 e. The number of aliphatic hydroxyl groups is 1. The monoisotopic (exact) mass is 287 g/mol. The molecule has 1 radical (unpaired) electrons. The van der Waals surface area contributed by atoms with E-state index in [4.69, 9.17) is 4.74 Å². The number of hydrogen-bond donors (Lipinski definition) is 1. The van der Waals surface area contributed by atoms with Gasteiger partial charge in [0.1, 0.15) is 6.10 Å². The molecule has 2 aromatic rings. The van der Waals surface area contributed by atoms with E-state index >= 15 is 0 Å². The van der Waals surface area contributed by atoms with E-state index in [1.165, 1.54) is 18.3 Å². The van der Waals surface area contributed by atoms with Gasteiger partial charge in [-0.15, -0.1) is 0 Å². The molecule has 1 fully saturated rings. The van der Waals surface area contributed by atoms with Crippen LogP contribution in [-0.4, -0.2) is 29.3 Å². The van der Waals surface area contributed by atoms with Gasteiger partial charge in [-0.2, -0.15) is 0 Å². The van der Waals surface area contributed by atoms with Crippen LogP contribution in [0.1, 0.15) is 12.0 Å². The number of benzene rings is 1. The maximum absolute atomic E-state index is 13.5. The second kappa shape index (κ2) is 6.10. The lowest BCUT2D eigenvalue weighted by Crippen LogP contribution is -2.25. The van der Waals surface area contributed by atoms with Gasteiger partial charge in [0.05, 0.1) is 13.2 Å². The quantitative estimate of drug-likeness (QED) is 0.936. The molecule has 0 spiro atoms. The van der Waals surface area contributed by atoms with Crippen molar-refractivity contribution in [2.45, 2.75) is 19.1 Å². The van der Waals surface area contributed by atoms with Gasteiger partial charge in [0, 0.05) is 30.4 Å². The fourth-order valence-electron chi connectivity index (χ4n) is 2.55. The molecule has 1 atom stereocenters. The zero-order valence-electron chi connectivity index (χ0n) is 11.5. The van der Waals surface area contributed by atoms with Gasteiger partial charge in [-0.25, -0.2) is 9.37 Å². The zero-order valence-corrected chi connectivity index (χ0v) is 11.5. The van der Waals surface area contributed by atoms with Gasteiger partial charge < -0.3 is 14.7 Å². The Kier molecular flexibility index (Phi) is 4.01. The lowest BCUT2D eigenvalue weighted by molar-refractivity contribution is 0.205. The number of aromatic nitrogens is 1. The Morgan fingerprint density at radius 3 is 3.19 bits per heavy atom. The molecule has 1 aromatic heterocycles. The van der Waals surface area contributed by atoms with Crippen LogP contribution in [0, 0.1) is 11.9 Å². The van der Waals surface area contributed by atoms with Gasteiger partial charge in [-0.3, -0.25) is 0 Å². The summed E-state index contributed by atoms with van der Waals surface area (Å²) in [5.74, 6) is -0.394. The number of halogens is 1. The molecule has 1 aromatic carbocycles. The van der Waals surface area contributed by atoms with Crippen molar-refractivity contribution in [3.63, 3.8) is 0 Å². The molecule has 21 heavy (non-hydrogen) atoms. The molecule has 4 nitrogen and oxygen atoms in total. The Balaban J connectivity index is 1.70. The summed E-state index contributed by atoms with van der Waals surface area (Å²) in [6, 6.07) is 11.4. The highest BCUT2D eigenvalue weighted by molar-refractivity contribution is 5.54. The van der Waals surface area contributed by atoms with Gasteiger partial charge in [0.25, 0.3) is 5.88 Å². The second-order valence-electron chi connectivity index (χ2n) is 4.98. The van der Waals surface area contributed by atoms with Crippen LogP contribution in [0.25, 0.3) is 0 Å². The highest BCUT2D eigenvalue weighted by Crippen LogP contribution is 2.26. The molecule has 2 heterocycles. The summed E-state index contributed by atoms with van der Waals surface area (Å²) in [7, 11) is 0. The number of nitrogens with zero attached hydrogens (tertiary/aromatic N) is 2. The summed E-state index contributed by atoms with van der Waals surface area (Å²) >= 11 is 0. The molecule has 1 N–H and O–H groups in total. The van der Waals surface area contributed by atoms with Gasteiger partial charge in [0.15, 0.2) is 5.82 Å². The average Bonchev–Trinajstić information content (AvgIpc) is 2.98. The molecule has 5 heteroatoms. The van der Waals surface area contributed by atoms with Gasteiger partial charge in [0.2, 0.25) is 0 Å². The van der Waals surface area contributed by atoms with E-state index in [0.717, 1.165) is 24.2 Å². The number of anilines is 1. The van der Waals surface area contributed by atoms with Crippen LogP contribution >= 0.6 is 0 Å². The standard InChI is InChI=1S/C16H16FN2O2/c17-14-5-3-8-18-16(14)21-13-7-9-19(10-13)15-6-2-1-4-12(15)11-20/h2-6,8,13,20H,7,9-11H2/t13-/m0/s1. The molecular weight excluding hydrogens is 271 g/mol. The smallest absolute Gasteiger partial charge is 0.250 e. The Morgan fingerprint density at radius 2 is 2.38 bits per heavy atom. The molecule has 1 aliphatic rings. The highest BCUT2D eigenvalue weighted by Gasteiger charge is 2.26. The largest absolute Gasteiger partial charge is 0.470 e. The third kappa shape index (κ3) is 2.97. The number of aliphatic hydroxyl groups excluding tert-OH is 1. The third-order valence-corrected chi connectivity index (χ3v) is 3.58. The maximum Gasteiger partial charge on any atom is 0.250 e. The van der Waals surface area contributed by atoms with Gasteiger partial charge in [-0.05, 0) is 30.3 Å². The van der Waals surface area contributed by atoms with Crippen molar-refractivity contribution in [3.8, 4) is 5.88 Å². The Hall–Kier alpha value is -2.14. The molecule has 0 aliphatic carbocycles. The van der Waals surface area contributed by atoms with Crippen LogP contribution in [0.4, 0.5) is 10.1 Å². The molecule has 1 aliphatic heterocycles. The number of pyridine rings is 1. The predicted octanol–water partition coefficient (Wildman–Crippen LogP) is 2.17. The molecule has 109 valence electrons. The Morgan fingerprint density at radius 1 is 1.48 bits per heavy atom. The van der Waals surface area contributed by atoms with Crippen LogP contribution in [-0.2, 0) is 6.61 Å². The van der Waals surface area contributed by atoms with E-state index in [9.17, 15) is 9.50 Å². The zero-order chi connectivity index (χ0) is 14.7. The molecule has 1 saturated heterocycles. The number of rotatable bonds is 4. The third-order valence-electron chi connectivity index (χ3n) is 3.58. The SMILES string of the molecule is OCc1c[c]ccc1N1CC[C@H](Oc2ncccc2F)C1. The Labute approximate surface area is 122 Å². The molecule has 0 amide bonds. The van der Waals surface area contributed by atoms with E-state index in [-0.39, 0.29) is 18.6 Å². The molecule has 0 unspecified atom stereocenters. The van der Waals surface area contributed by atoms with E-state index in [1.54, 1.807) is 6.07 Å². The van der Waals surface area contributed by atoms with Crippen LogP contribution in [0.15, 0.2) is 36.5 Å². The summed E-state index contributed by atoms with van der Waals surface area (Å²) in [5.41, 5.74) is 1.81. The summed E-state index contributed by atoms with van der Waals surface area (Å²) in [6.07, 6.45) is 2.20. The fraction of sp³-hybridized carbons (Fsp3) is 0.312. The number of hydrogen-bond acceptors (Lipinski definition) is 4. The van der Waals surface area contributed by atoms with E-state index in [2.05, 4.69) is 16.0 Å². The summed E-state index contributed by atoms with van der Waals surface area (Å²) in [4.78, 5) is 6.04. The highest BCUT2D eigenvalue weighted by atomic mass is 19.1. The Bertz CT molecular complexity index is 621. The van der Waals surface area contributed by atoms with Crippen molar-refractivity contribution < 1.29 is 14.2 Å². The molecule has 0 bridgehead atoms. The fourth-order valence-corrected chi connectivity index (χ4v) is 2.55. The van der Waals surface area contributed by atoms with Crippen molar-refractivity contribution in [2.75, 3.05) is 18.0 Å². The lowest BCUT2D eigenvalue weighted by Gasteiger charge is -2.21. The average molecular weight is 287 g/mol. The topological polar surface area (TPSA) is 45.6 Å². The summed E-state index contributed by atoms with van der Waals surface area (Å²) < 4.78 is 19.2. The summed E-state index contributed by atoms with van der Waals surface area (Å²) in [6.45, 7) is 1.42. The molecular formula is C16H16FN2O2. The van der Waals surface area contributed by atoms with Crippen molar-refractivity contribution in [2.24, 2.45) is 0 Å². The lowest BCUT2D eigenvalue weighted by atomic mass is 10.2. The normalized spacial score (nSPS) is 18.0. The minimum absolute atomic E-state index is 0.0242. The minimum atomic E-state index is -0.443. The number of ether oxygens (including phenoxy) is 1. The first kappa shape index (κ1) is 13.8. The van der Waals surface area contributed by atoms with Crippen molar-refractivity contribution >= 4 is 5.69 Å². The van der Waals surface area contributed by atoms with E-state index < -0.39 is 5.82 Å². The van der Waals surface area contributed by atoms with E-state index in [1.807, 2.05) is 12.1 Å². The first-order chi connectivity index (χ1) is 10.3. The second-order valence-corrected chi connectivity index (χ2v) is 4.98. The predicted molar refractivity (Wildman–Crippen MR) is 76.6 cm³/mol. The molecule has 0 saturated carbocycles. The summed E-state index contributed by atoms with van der Waals surface area (Å²) in [5, 5.41) is 9.38.